The van der Waals surface area contributed by atoms with Gasteiger partial charge in [-0.2, -0.15) is 0 Å². The van der Waals surface area contributed by atoms with Crippen molar-refractivity contribution in [3.63, 3.8) is 0 Å². The predicted octanol–water partition coefficient (Wildman–Crippen LogP) is 2.65. The average Bonchev–Trinajstić information content (AvgIpc) is 2.59. The van der Waals surface area contributed by atoms with E-state index < -0.39 is 16.9 Å². The molecule has 1 aromatic carbocycles. The van der Waals surface area contributed by atoms with Crippen LogP contribution in [0.4, 0.5) is 0 Å². The second kappa shape index (κ2) is 8.77. The first-order valence-electron chi connectivity index (χ1n) is 9.13. The summed E-state index contributed by atoms with van der Waals surface area (Å²) in [5.41, 5.74) is 0. The van der Waals surface area contributed by atoms with Crippen LogP contribution in [0.2, 0.25) is 0 Å². The van der Waals surface area contributed by atoms with Gasteiger partial charge < -0.3 is 0 Å². The molecule has 0 heterocycles. The maximum absolute atomic E-state index is 7.73. The van der Waals surface area contributed by atoms with E-state index in [1.54, 1.807) is 0 Å². The first kappa shape index (κ1) is 20.8. The van der Waals surface area contributed by atoms with Gasteiger partial charge in [0, 0.05) is 0 Å². The molecule has 1 aromatic rings. The average molecular weight is 490 g/mol. The van der Waals surface area contributed by atoms with Crippen LogP contribution in [0.15, 0.2) is 30.3 Å². The molecule has 2 N–H and O–H groups in total. The summed E-state index contributed by atoms with van der Waals surface area (Å²) >= 11 is -4.30. The van der Waals surface area contributed by atoms with Gasteiger partial charge in [0.1, 0.15) is 0 Å². The van der Waals surface area contributed by atoms with Gasteiger partial charge in [-0.05, 0) is 0 Å². The van der Waals surface area contributed by atoms with Crippen LogP contribution >= 0.6 is 0 Å². The van der Waals surface area contributed by atoms with Gasteiger partial charge in [0.25, 0.3) is 0 Å². The molecule has 0 saturated heterocycles. The summed E-state index contributed by atoms with van der Waals surface area (Å²) < 4.78 is 16.9. The molecule has 0 aliphatic heterocycles. The molecule has 0 saturated carbocycles. The zero-order valence-electron chi connectivity index (χ0n) is 16.0. The second-order valence-corrected chi connectivity index (χ2v) is 21.2. The van der Waals surface area contributed by atoms with Crippen LogP contribution in [-0.4, -0.2) is 49.2 Å². The van der Waals surface area contributed by atoms with Crippen LogP contribution in [0.5, 0.6) is 0 Å². The van der Waals surface area contributed by atoms with E-state index >= 15 is 0 Å². The molecule has 0 aromatic heterocycles. The number of hydrogen-bond donors (Lipinski definition) is 1. The molecule has 0 aliphatic rings. The Morgan fingerprint density at radius 3 is 1.22 bits per heavy atom. The van der Waals surface area contributed by atoms with Crippen LogP contribution in [0, 0.1) is 0 Å². The Balaban J connectivity index is 3.85. The first-order chi connectivity index (χ1) is 11.0. The minimum absolute atomic E-state index is 0.988. The summed E-state index contributed by atoms with van der Waals surface area (Å²) in [6.45, 7) is 19.4. The third kappa shape index (κ3) is 3.19. The van der Waals surface area contributed by atoms with Crippen molar-refractivity contribution in [1.82, 2.24) is 9.91 Å². The number of nitrogens with two attached hydrogens (primary N) is 1. The van der Waals surface area contributed by atoms with Crippen molar-refractivity contribution in [3.05, 3.63) is 30.3 Å². The van der Waals surface area contributed by atoms with E-state index in [-0.39, 0.29) is 0 Å². The van der Waals surface area contributed by atoms with Crippen molar-refractivity contribution in [2.45, 2.75) is 41.5 Å². The Morgan fingerprint density at radius 1 is 0.652 bits per heavy atom. The van der Waals surface area contributed by atoms with E-state index in [0.29, 0.717) is 0 Å². The Kier molecular flexibility index (Phi) is 7.95. The molecular weight excluding hydrogens is 453 g/mol. The van der Waals surface area contributed by atoms with Crippen LogP contribution < -0.4 is 7.92 Å². The molecular formula is C18H37N4Ta. The van der Waals surface area contributed by atoms with Gasteiger partial charge in [-0.25, -0.2) is 0 Å². The fourth-order valence-electron chi connectivity index (χ4n) is 4.08. The predicted molar refractivity (Wildman–Crippen MR) is 99.0 cm³/mol. The molecule has 0 radical (unpaired) electrons. The van der Waals surface area contributed by atoms with Crippen molar-refractivity contribution in [2.75, 3.05) is 39.3 Å². The summed E-state index contributed by atoms with van der Waals surface area (Å²) in [6.07, 6.45) is 0. The van der Waals surface area contributed by atoms with E-state index in [1.807, 2.05) is 0 Å². The standard InChI is InChI=1S/C6H5.3C4H10N.H2N.Ta/c1-2-4-6-5-3-1;3*1-3-5-4-2;;/h1-5H;3*3-4H2,1-2H3;1H2;/q;4*-1;+4. The summed E-state index contributed by atoms with van der Waals surface area (Å²) in [7, 11) is 0. The number of benzene rings is 1. The molecule has 0 unspecified atom stereocenters. The Morgan fingerprint density at radius 2 is 0.957 bits per heavy atom. The van der Waals surface area contributed by atoms with Gasteiger partial charge in [0.2, 0.25) is 0 Å². The molecule has 1 rings (SSSR count). The Bertz CT molecular complexity index is 419. The second-order valence-electron chi connectivity index (χ2n) is 5.80. The van der Waals surface area contributed by atoms with Crippen LogP contribution in [0.25, 0.3) is 0 Å². The number of hydrogen-bond acceptors (Lipinski definition) is 4. The van der Waals surface area contributed by atoms with Crippen LogP contribution in [0.3, 0.4) is 0 Å². The molecule has 23 heavy (non-hydrogen) atoms. The minimum atomic E-state index is -4.30. The van der Waals surface area contributed by atoms with E-state index in [0.717, 1.165) is 39.3 Å². The SMILES string of the molecule is CC[N](CC)[Ta]([NH2])([c]1ccccc1)([N](CC)CC)[N](CC)CC. The molecule has 0 bridgehead atoms. The van der Waals surface area contributed by atoms with E-state index in [1.165, 1.54) is 3.78 Å². The fourth-order valence-corrected chi connectivity index (χ4v) is 26.2. The zero-order valence-corrected chi connectivity index (χ0v) is 19.2. The molecule has 134 valence electrons. The topological polar surface area (TPSA) is 35.7 Å². The fraction of sp³-hybridized carbons (Fsp3) is 0.667. The normalized spacial score (nSPS) is 14.4. The van der Waals surface area contributed by atoms with Crippen molar-refractivity contribution < 1.29 is 16.9 Å². The van der Waals surface area contributed by atoms with Crippen molar-refractivity contribution in [3.8, 4) is 0 Å². The van der Waals surface area contributed by atoms with E-state index in [4.69, 9.17) is 4.14 Å². The van der Waals surface area contributed by atoms with Gasteiger partial charge in [-0.1, -0.05) is 0 Å². The van der Waals surface area contributed by atoms with Gasteiger partial charge in [-0.3, -0.25) is 0 Å². The summed E-state index contributed by atoms with van der Waals surface area (Å²) in [5.74, 6) is 0. The van der Waals surface area contributed by atoms with Crippen molar-refractivity contribution in [1.29, 1.82) is 0 Å². The van der Waals surface area contributed by atoms with E-state index in [9.17, 15) is 0 Å². The molecule has 4 nitrogen and oxygen atoms in total. The summed E-state index contributed by atoms with van der Waals surface area (Å²) in [6, 6.07) is 10.9. The van der Waals surface area contributed by atoms with Crippen LogP contribution in [-0.2, 0) is 16.9 Å². The third-order valence-corrected chi connectivity index (χ3v) is 27.9. The zero-order chi connectivity index (χ0) is 17.5. The van der Waals surface area contributed by atoms with Crippen molar-refractivity contribution >= 4 is 3.78 Å². The number of rotatable bonds is 10. The Labute approximate surface area is 145 Å². The van der Waals surface area contributed by atoms with Crippen molar-refractivity contribution in [2.24, 2.45) is 4.14 Å². The van der Waals surface area contributed by atoms with Gasteiger partial charge in [0.05, 0.1) is 0 Å². The molecule has 0 atom stereocenters. The summed E-state index contributed by atoms with van der Waals surface area (Å²) in [4.78, 5) is 0. The quantitative estimate of drug-likeness (QED) is 0.547. The number of nitrogens with zero attached hydrogens (tertiary/aromatic N) is 3. The monoisotopic (exact) mass is 490 g/mol. The third-order valence-electron chi connectivity index (χ3n) is 5.11. The Hall–Kier alpha value is -0.200. The van der Waals surface area contributed by atoms with Crippen LogP contribution in [0.1, 0.15) is 41.5 Å². The maximum atomic E-state index is 7.73. The van der Waals surface area contributed by atoms with Gasteiger partial charge in [-0.15, -0.1) is 0 Å². The van der Waals surface area contributed by atoms with Gasteiger partial charge >= 0.3 is 146 Å². The molecule has 0 fully saturated rings. The summed E-state index contributed by atoms with van der Waals surface area (Å²) in [5, 5.41) is 0. The van der Waals surface area contributed by atoms with Gasteiger partial charge in [0.15, 0.2) is 0 Å². The molecule has 5 heteroatoms. The molecule has 0 amide bonds. The molecule has 0 spiro atoms. The van der Waals surface area contributed by atoms with E-state index in [2.05, 4.69) is 81.8 Å². The molecule has 0 aliphatic carbocycles. The first-order valence-corrected chi connectivity index (χ1v) is 16.9.